The zero-order valence-electron chi connectivity index (χ0n) is 10.5. The van der Waals surface area contributed by atoms with Crippen molar-refractivity contribution in [2.75, 3.05) is 37.0 Å². The van der Waals surface area contributed by atoms with E-state index in [2.05, 4.69) is 60.3 Å². The summed E-state index contributed by atoms with van der Waals surface area (Å²) in [5.74, 6) is 0. The second kappa shape index (κ2) is 3.95. The largest absolute Gasteiger partial charge is 0.374 e. The van der Waals surface area contributed by atoms with Gasteiger partial charge in [0.2, 0.25) is 0 Å². The average Bonchev–Trinajstić information content (AvgIpc) is 2.35. The molecule has 17 heavy (non-hydrogen) atoms. The fourth-order valence-corrected chi connectivity index (χ4v) is 2.72. The maximum absolute atomic E-state index is 2.37. The van der Waals surface area contributed by atoms with Crippen LogP contribution in [-0.2, 0) is 0 Å². The number of benzene rings is 2. The summed E-state index contributed by atoms with van der Waals surface area (Å²) in [5, 5.41) is 2.72. The third-order valence-corrected chi connectivity index (χ3v) is 3.67. The maximum Gasteiger partial charge on any atom is 0.0464 e. The van der Waals surface area contributed by atoms with Crippen LogP contribution in [0, 0.1) is 0 Å². The van der Waals surface area contributed by atoms with Crippen molar-refractivity contribution in [3.63, 3.8) is 0 Å². The van der Waals surface area contributed by atoms with Gasteiger partial charge in [-0.3, -0.25) is 0 Å². The fraction of sp³-hybridized carbons (Fsp3) is 0.333. The minimum Gasteiger partial charge on any atom is -0.374 e. The molecule has 0 atom stereocenters. The molecule has 1 heterocycles. The maximum atomic E-state index is 2.37. The molecule has 0 aliphatic carbocycles. The summed E-state index contributed by atoms with van der Waals surface area (Å²) in [6.07, 6.45) is 1.21. The molecule has 88 valence electrons. The van der Waals surface area contributed by atoms with Gasteiger partial charge in [-0.25, -0.2) is 0 Å². The normalized spacial score (nSPS) is 15.9. The topological polar surface area (TPSA) is 6.48 Å². The van der Waals surface area contributed by atoms with Gasteiger partial charge in [0.1, 0.15) is 0 Å². The molecule has 2 nitrogen and oxygen atoms in total. The Bertz CT molecular complexity index is 503. The first-order valence-electron chi connectivity index (χ1n) is 6.21. The van der Waals surface area contributed by atoms with Gasteiger partial charge in [0.05, 0.1) is 0 Å². The molecule has 2 heteroatoms. The van der Waals surface area contributed by atoms with Gasteiger partial charge in [0.25, 0.3) is 0 Å². The van der Waals surface area contributed by atoms with Crippen LogP contribution in [0.3, 0.4) is 0 Å². The molecule has 3 rings (SSSR count). The van der Waals surface area contributed by atoms with Crippen LogP contribution in [0.5, 0.6) is 0 Å². The Balaban J connectivity index is 2.36. The highest BCUT2D eigenvalue weighted by atomic mass is 15.1. The lowest BCUT2D eigenvalue weighted by molar-refractivity contribution is 0.759. The summed E-state index contributed by atoms with van der Waals surface area (Å²) in [4.78, 5) is 4.75. The molecule has 0 saturated heterocycles. The molecule has 0 fully saturated rings. The van der Waals surface area contributed by atoms with Crippen molar-refractivity contribution < 1.29 is 0 Å². The monoisotopic (exact) mass is 226 g/mol. The molecule has 0 unspecified atom stereocenters. The highest BCUT2D eigenvalue weighted by Gasteiger charge is 2.15. The van der Waals surface area contributed by atoms with Crippen LogP contribution >= 0.6 is 0 Å². The molecule has 2 aromatic rings. The van der Waals surface area contributed by atoms with Crippen molar-refractivity contribution in [1.29, 1.82) is 0 Å². The van der Waals surface area contributed by atoms with Crippen molar-refractivity contribution in [2.24, 2.45) is 0 Å². The molecule has 1 aliphatic rings. The summed E-state index contributed by atoms with van der Waals surface area (Å²) in [6.45, 7) is 2.25. The van der Waals surface area contributed by atoms with Gasteiger partial charge in [0, 0.05) is 43.9 Å². The van der Waals surface area contributed by atoms with E-state index in [0.717, 1.165) is 13.1 Å². The van der Waals surface area contributed by atoms with Crippen LogP contribution in [0.2, 0.25) is 0 Å². The van der Waals surface area contributed by atoms with E-state index in [-0.39, 0.29) is 0 Å². The van der Waals surface area contributed by atoms with E-state index in [1.54, 1.807) is 0 Å². The predicted octanol–water partition coefficient (Wildman–Crippen LogP) is 3.12. The Hall–Kier alpha value is -1.70. The van der Waals surface area contributed by atoms with Crippen LogP contribution in [0.1, 0.15) is 6.42 Å². The van der Waals surface area contributed by atoms with Crippen molar-refractivity contribution in [1.82, 2.24) is 0 Å². The third kappa shape index (κ3) is 1.64. The molecular weight excluding hydrogens is 208 g/mol. The van der Waals surface area contributed by atoms with E-state index in [1.165, 1.54) is 28.6 Å². The smallest absolute Gasteiger partial charge is 0.0464 e. The summed E-state index contributed by atoms with van der Waals surface area (Å²) in [5.41, 5.74) is 2.70. The van der Waals surface area contributed by atoms with Gasteiger partial charge < -0.3 is 9.80 Å². The Kier molecular flexibility index (Phi) is 2.43. The summed E-state index contributed by atoms with van der Waals surface area (Å²) in [7, 11) is 4.38. The molecule has 2 aromatic carbocycles. The quantitative estimate of drug-likeness (QED) is 0.681. The first-order chi connectivity index (χ1) is 8.27. The van der Waals surface area contributed by atoms with Crippen LogP contribution < -0.4 is 9.80 Å². The zero-order chi connectivity index (χ0) is 11.8. The highest BCUT2D eigenvalue weighted by Crippen LogP contribution is 2.35. The van der Waals surface area contributed by atoms with Gasteiger partial charge in [0.15, 0.2) is 0 Å². The second-order valence-electron chi connectivity index (χ2n) is 4.85. The first kappa shape index (κ1) is 10.5. The van der Waals surface area contributed by atoms with Gasteiger partial charge >= 0.3 is 0 Å². The number of anilines is 2. The van der Waals surface area contributed by atoms with E-state index in [9.17, 15) is 0 Å². The highest BCUT2D eigenvalue weighted by molar-refractivity contribution is 6.03. The van der Waals surface area contributed by atoms with Crippen molar-refractivity contribution >= 4 is 22.1 Å². The Morgan fingerprint density at radius 1 is 0.824 bits per heavy atom. The number of rotatable bonds is 0. The number of hydrogen-bond donors (Lipinski definition) is 0. The van der Waals surface area contributed by atoms with E-state index in [0.29, 0.717) is 0 Å². The molecule has 0 aromatic heterocycles. The molecule has 0 N–H and O–H groups in total. The van der Waals surface area contributed by atoms with E-state index in [4.69, 9.17) is 0 Å². The molecule has 0 radical (unpaired) electrons. The van der Waals surface area contributed by atoms with Crippen LogP contribution in [0.15, 0.2) is 36.4 Å². The van der Waals surface area contributed by atoms with E-state index < -0.39 is 0 Å². The Morgan fingerprint density at radius 2 is 1.35 bits per heavy atom. The lowest BCUT2D eigenvalue weighted by atomic mass is 10.0. The Labute approximate surface area is 102 Å². The molecule has 0 spiro atoms. The minimum atomic E-state index is 1.12. The van der Waals surface area contributed by atoms with Gasteiger partial charge in [-0.1, -0.05) is 24.3 Å². The summed E-state index contributed by atoms with van der Waals surface area (Å²) >= 11 is 0. The first-order valence-corrected chi connectivity index (χ1v) is 6.21. The zero-order valence-corrected chi connectivity index (χ0v) is 10.5. The van der Waals surface area contributed by atoms with Gasteiger partial charge in [-0.2, -0.15) is 0 Å². The predicted molar refractivity (Wildman–Crippen MR) is 75.1 cm³/mol. The minimum absolute atomic E-state index is 1.12. The van der Waals surface area contributed by atoms with E-state index >= 15 is 0 Å². The van der Waals surface area contributed by atoms with Crippen molar-refractivity contribution in [2.45, 2.75) is 6.42 Å². The average molecular weight is 226 g/mol. The molecule has 0 bridgehead atoms. The molecule has 0 amide bonds. The fourth-order valence-electron chi connectivity index (χ4n) is 2.72. The second-order valence-corrected chi connectivity index (χ2v) is 4.85. The molecule has 1 aliphatic heterocycles. The Morgan fingerprint density at radius 3 is 1.88 bits per heavy atom. The van der Waals surface area contributed by atoms with Crippen molar-refractivity contribution in [3.05, 3.63) is 36.4 Å². The summed E-state index contributed by atoms with van der Waals surface area (Å²) < 4.78 is 0. The van der Waals surface area contributed by atoms with Gasteiger partial charge in [-0.15, -0.1) is 0 Å². The molecule has 0 saturated carbocycles. The lowest BCUT2D eigenvalue weighted by Crippen LogP contribution is -2.28. The van der Waals surface area contributed by atoms with Gasteiger partial charge in [-0.05, 0) is 23.9 Å². The molecular formula is C15H18N2. The standard InChI is InChI=1S/C15H18N2/c1-16-10-5-11-17(2)14-9-4-7-12-6-3-8-13(16)15(12)14/h3-4,6-9H,5,10-11H2,1-2H3. The summed E-state index contributed by atoms with van der Waals surface area (Å²) in [6, 6.07) is 13.2. The number of nitrogens with zero attached hydrogens (tertiary/aromatic N) is 2. The van der Waals surface area contributed by atoms with E-state index in [1.807, 2.05) is 0 Å². The third-order valence-electron chi connectivity index (χ3n) is 3.67. The van der Waals surface area contributed by atoms with Crippen LogP contribution in [0.4, 0.5) is 11.4 Å². The van der Waals surface area contributed by atoms with Crippen LogP contribution in [0.25, 0.3) is 10.8 Å². The van der Waals surface area contributed by atoms with Crippen LogP contribution in [-0.4, -0.2) is 27.2 Å². The lowest BCUT2D eigenvalue weighted by Gasteiger charge is -2.30. The van der Waals surface area contributed by atoms with Crippen molar-refractivity contribution in [3.8, 4) is 0 Å². The SMILES string of the molecule is CN1CCCN(C)c2cccc3cccc1c23. The number of hydrogen-bond acceptors (Lipinski definition) is 2.